The van der Waals surface area contributed by atoms with E-state index >= 15 is 0 Å². The van der Waals surface area contributed by atoms with Crippen LogP contribution in [0.3, 0.4) is 0 Å². The van der Waals surface area contributed by atoms with E-state index in [0.29, 0.717) is 11.1 Å². The summed E-state index contributed by atoms with van der Waals surface area (Å²) in [7, 11) is 0. The van der Waals surface area contributed by atoms with Crippen LogP contribution >= 0.6 is 0 Å². The van der Waals surface area contributed by atoms with E-state index in [1.54, 1.807) is 24.3 Å². The van der Waals surface area contributed by atoms with Crippen LogP contribution in [-0.4, -0.2) is 26.2 Å². The molecule has 1 atom stereocenters. The zero-order chi connectivity index (χ0) is 19.8. The van der Waals surface area contributed by atoms with Crippen molar-refractivity contribution in [3.8, 4) is 28.7 Å². The van der Waals surface area contributed by atoms with Crippen LogP contribution in [0.1, 0.15) is 39.6 Å². The van der Waals surface area contributed by atoms with Crippen molar-refractivity contribution in [2.24, 2.45) is 0 Å². The second-order valence-corrected chi connectivity index (χ2v) is 6.77. The summed E-state index contributed by atoms with van der Waals surface area (Å²) in [5, 5.41) is 39.5. The molecule has 3 aromatic rings. The van der Waals surface area contributed by atoms with E-state index in [2.05, 4.69) is 0 Å². The molecule has 0 aromatic heterocycles. The zero-order valence-electron chi connectivity index (χ0n) is 14.8. The highest BCUT2D eigenvalue weighted by Gasteiger charge is 2.33. The maximum Gasteiger partial charge on any atom is 0.174 e. The second kappa shape index (κ2) is 6.81. The molecule has 1 unspecified atom stereocenters. The number of ketones is 1. The maximum absolute atomic E-state index is 12.7. The lowest BCUT2D eigenvalue weighted by Crippen LogP contribution is -2.21. The normalized spacial score (nSPS) is 15.7. The predicted octanol–water partition coefficient (Wildman–Crippen LogP) is 3.81. The Balaban J connectivity index is 1.77. The van der Waals surface area contributed by atoms with Crippen molar-refractivity contribution in [3.63, 3.8) is 0 Å². The molecular weight excluding hydrogens is 360 g/mol. The summed E-state index contributed by atoms with van der Waals surface area (Å²) in [4.78, 5) is 12.7. The van der Waals surface area contributed by atoms with Crippen molar-refractivity contribution in [2.75, 3.05) is 0 Å². The van der Waals surface area contributed by atoms with Crippen LogP contribution in [0.15, 0.2) is 54.6 Å². The van der Waals surface area contributed by atoms with Gasteiger partial charge < -0.3 is 25.2 Å². The van der Waals surface area contributed by atoms with Gasteiger partial charge in [-0.25, -0.2) is 0 Å². The van der Waals surface area contributed by atoms with E-state index in [1.807, 2.05) is 0 Å². The molecule has 0 spiro atoms. The fourth-order valence-corrected chi connectivity index (χ4v) is 3.39. The fraction of sp³-hybridized carbons (Fsp3) is 0.136. The van der Waals surface area contributed by atoms with Gasteiger partial charge in [-0.05, 0) is 35.4 Å². The summed E-state index contributed by atoms with van der Waals surface area (Å²) >= 11 is 0. The Bertz CT molecular complexity index is 1040. The number of phenols is 4. The molecule has 0 bridgehead atoms. The number of benzene rings is 3. The van der Waals surface area contributed by atoms with E-state index in [9.17, 15) is 25.2 Å². The molecule has 0 saturated heterocycles. The van der Waals surface area contributed by atoms with Gasteiger partial charge in [0.15, 0.2) is 5.78 Å². The van der Waals surface area contributed by atoms with Gasteiger partial charge in [0, 0.05) is 18.1 Å². The first-order chi connectivity index (χ1) is 13.4. The highest BCUT2D eigenvalue weighted by atomic mass is 16.5. The third kappa shape index (κ3) is 3.20. The quantitative estimate of drug-likeness (QED) is 0.552. The van der Waals surface area contributed by atoms with Crippen LogP contribution < -0.4 is 4.74 Å². The summed E-state index contributed by atoms with van der Waals surface area (Å²) in [5.41, 5.74) is 1.94. The van der Waals surface area contributed by atoms with E-state index in [4.69, 9.17) is 4.74 Å². The number of phenolic OH excluding ortho intramolecular Hbond substituents is 4. The van der Waals surface area contributed by atoms with Crippen molar-refractivity contribution in [1.82, 2.24) is 0 Å². The minimum atomic E-state index is -0.597. The number of hydrogen-bond donors (Lipinski definition) is 4. The molecule has 6 nitrogen and oxygen atoms in total. The van der Waals surface area contributed by atoms with Crippen molar-refractivity contribution in [2.45, 2.75) is 18.9 Å². The molecule has 3 aromatic carbocycles. The molecule has 1 aliphatic heterocycles. The van der Waals surface area contributed by atoms with Crippen molar-refractivity contribution < 1.29 is 30.0 Å². The van der Waals surface area contributed by atoms with Crippen molar-refractivity contribution in [3.05, 3.63) is 76.9 Å². The van der Waals surface area contributed by atoms with E-state index < -0.39 is 6.10 Å². The molecule has 0 aliphatic carbocycles. The highest BCUT2D eigenvalue weighted by molar-refractivity contribution is 6.03. The average molecular weight is 378 g/mol. The minimum absolute atomic E-state index is 0.0365. The molecule has 4 N–H and O–H groups in total. The fourth-order valence-electron chi connectivity index (χ4n) is 3.39. The van der Waals surface area contributed by atoms with Gasteiger partial charge in [-0.2, -0.15) is 0 Å². The lowest BCUT2D eigenvalue weighted by Gasteiger charge is -2.28. The Morgan fingerprint density at radius 3 is 2.11 bits per heavy atom. The first-order valence-electron chi connectivity index (χ1n) is 8.77. The summed E-state index contributed by atoms with van der Waals surface area (Å²) in [6, 6.07) is 14.0. The Kier molecular flexibility index (Phi) is 4.31. The Morgan fingerprint density at radius 2 is 1.46 bits per heavy atom. The SMILES string of the molecule is O=C1CC(c2ccc(O)cc2)Oc2c(Cc3ccc(O)cc3)c(O)cc(O)c21. The van der Waals surface area contributed by atoms with E-state index in [0.717, 1.165) is 11.6 Å². The number of fused-ring (bicyclic) bond motifs is 1. The smallest absolute Gasteiger partial charge is 0.174 e. The first kappa shape index (κ1) is 17.7. The number of ether oxygens (including phenoxy) is 1. The monoisotopic (exact) mass is 378 g/mol. The van der Waals surface area contributed by atoms with Crippen LogP contribution in [-0.2, 0) is 6.42 Å². The maximum atomic E-state index is 12.7. The van der Waals surface area contributed by atoms with Crippen molar-refractivity contribution >= 4 is 5.78 Å². The molecule has 4 rings (SSSR count). The minimum Gasteiger partial charge on any atom is -0.508 e. The lowest BCUT2D eigenvalue weighted by molar-refractivity contribution is 0.0842. The number of rotatable bonds is 3. The third-order valence-electron chi connectivity index (χ3n) is 4.83. The van der Waals surface area contributed by atoms with Gasteiger partial charge >= 0.3 is 0 Å². The molecular formula is C22H18O6. The van der Waals surface area contributed by atoms with E-state index in [1.165, 1.54) is 24.3 Å². The zero-order valence-corrected chi connectivity index (χ0v) is 14.8. The van der Waals surface area contributed by atoms with Gasteiger partial charge in [-0.15, -0.1) is 0 Å². The summed E-state index contributed by atoms with van der Waals surface area (Å²) < 4.78 is 6.05. The number of aromatic hydroxyl groups is 4. The standard InChI is InChI=1S/C22H18O6/c23-14-5-1-12(2-6-14)9-16-17(25)10-18(26)21-19(27)11-20(28-22(16)21)13-3-7-15(24)8-4-13/h1-8,10,20,23-26H,9,11H2. The van der Waals surface area contributed by atoms with Gasteiger partial charge in [-0.1, -0.05) is 24.3 Å². The second-order valence-electron chi connectivity index (χ2n) is 6.77. The molecule has 28 heavy (non-hydrogen) atoms. The molecule has 6 heteroatoms. The van der Waals surface area contributed by atoms with Crippen molar-refractivity contribution in [1.29, 1.82) is 0 Å². The summed E-state index contributed by atoms with van der Waals surface area (Å²) in [6.07, 6.45) is -0.306. The van der Waals surface area contributed by atoms with E-state index in [-0.39, 0.29) is 52.9 Å². The number of carbonyl (C=O) groups is 1. The van der Waals surface area contributed by atoms with Gasteiger partial charge in [-0.3, -0.25) is 4.79 Å². The first-order valence-corrected chi connectivity index (χ1v) is 8.77. The third-order valence-corrected chi connectivity index (χ3v) is 4.83. The van der Waals surface area contributed by atoms with Crippen LogP contribution in [0.4, 0.5) is 0 Å². The molecule has 0 saturated carbocycles. The van der Waals surface area contributed by atoms with Gasteiger partial charge in [0.1, 0.15) is 40.4 Å². The van der Waals surface area contributed by atoms with Crippen LogP contribution in [0.2, 0.25) is 0 Å². The summed E-state index contributed by atoms with van der Waals surface area (Å²) in [5.74, 6) is -0.405. The number of hydrogen-bond acceptors (Lipinski definition) is 6. The molecule has 0 amide bonds. The molecule has 1 aliphatic rings. The molecule has 0 fully saturated rings. The molecule has 0 radical (unpaired) electrons. The summed E-state index contributed by atoms with van der Waals surface area (Å²) in [6.45, 7) is 0. The average Bonchev–Trinajstić information content (AvgIpc) is 2.66. The Labute approximate surface area is 160 Å². The van der Waals surface area contributed by atoms with Crippen LogP contribution in [0.25, 0.3) is 0 Å². The van der Waals surface area contributed by atoms with Crippen LogP contribution in [0, 0.1) is 0 Å². The van der Waals surface area contributed by atoms with Crippen LogP contribution in [0.5, 0.6) is 28.7 Å². The number of Topliss-reactive ketones (excluding diaryl/α,β-unsaturated/α-hetero) is 1. The molecule has 1 heterocycles. The Hall–Kier alpha value is -3.67. The number of carbonyl (C=O) groups excluding carboxylic acids is 1. The van der Waals surface area contributed by atoms with Gasteiger partial charge in [0.25, 0.3) is 0 Å². The van der Waals surface area contributed by atoms with Gasteiger partial charge in [0.2, 0.25) is 0 Å². The topological polar surface area (TPSA) is 107 Å². The largest absolute Gasteiger partial charge is 0.508 e. The predicted molar refractivity (Wildman–Crippen MR) is 101 cm³/mol. The lowest BCUT2D eigenvalue weighted by atomic mass is 9.91. The molecule has 142 valence electrons. The van der Waals surface area contributed by atoms with Gasteiger partial charge in [0.05, 0.1) is 6.42 Å². The highest BCUT2D eigenvalue weighted by Crippen LogP contribution is 2.46. The Morgan fingerprint density at radius 1 is 0.857 bits per heavy atom.